The molecule has 26 heavy (non-hydrogen) atoms. The standard InChI is InChI=1S/C18H20N6OS/c1-13-16(26-23-22-13)18(25)21-12-14-6-5-10-20-17(14)24(2)11-8-15-7-3-4-9-19-15/h3-7,9-10H,8,11-12H2,1-2H3,(H,21,25). The van der Waals surface area contributed by atoms with Crippen molar-refractivity contribution in [1.29, 1.82) is 0 Å². The van der Waals surface area contributed by atoms with Crippen molar-refractivity contribution in [3.63, 3.8) is 0 Å². The summed E-state index contributed by atoms with van der Waals surface area (Å²) in [7, 11) is 1.99. The Hall–Kier alpha value is -2.87. The van der Waals surface area contributed by atoms with Gasteiger partial charge in [0.2, 0.25) is 0 Å². The number of nitrogens with one attached hydrogen (secondary N) is 1. The fourth-order valence-corrected chi connectivity index (χ4v) is 3.11. The summed E-state index contributed by atoms with van der Waals surface area (Å²) in [5.74, 6) is 0.686. The van der Waals surface area contributed by atoms with Gasteiger partial charge in [0, 0.05) is 50.2 Å². The average molecular weight is 368 g/mol. The van der Waals surface area contributed by atoms with Gasteiger partial charge in [0.1, 0.15) is 10.7 Å². The monoisotopic (exact) mass is 368 g/mol. The Labute approximate surface area is 156 Å². The van der Waals surface area contributed by atoms with Gasteiger partial charge >= 0.3 is 0 Å². The molecule has 0 radical (unpaired) electrons. The van der Waals surface area contributed by atoms with Crippen molar-refractivity contribution in [3.05, 3.63) is 64.6 Å². The highest BCUT2D eigenvalue weighted by Gasteiger charge is 2.14. The molecule has 0 bridgehead atoms. The SMILES string of the molecule is Cc1nnsc1C(=O)NCc1cccnc1N(C)CCc1ccccn1. The lowest BCUT2D eigenvalue weighted by Crippen LogP contribution is -2.27. The molecule has 0 fully saturated rings. The molecule has 134 valence electrons. The normalized spacial score (nSPS) is 10.5. The van der Waals surface area contributed by atoms with Crippen molar-refractivity contribution in [2.75, 3.05) is 18.5 Å². The first-order valence-corrected chi connectivity index (χ1v) is 9.04. The van der Waals surface area contributed by atoms with Gasteiger partial charge in [-0.25, -0.2) is 4.98 Å². The average Bonchev–Trinajstić information content (AvgIpc) is 3.11. The van der Waals surface area contributed by atoms with Crippen molar-refractivity contribution in [3.8, 4) is 0 Å². The molecule has 0 aliphatic carbocycles. The molecule has 1 N–H and O–H groups in total. The number of carbonyl (C=O) groups excluding carboxylic acids is 1. The molecular formula is C18H20N6OS. The molecule has 0 atom stereocenters. The first kappa shape index (κ1) is 17.9. The predicted octanol–water partition coefficient (Wildman–Crippen LogP) is 2.25. The third kappa shape index (κ3) is 4.40. The van der Waals surface area contributed by atoms with Crippen LogP contribution in [0.4, 0.5) is 5.82 Å². The Bertz CT molecular complexity index is 867. The minimum Gasteiger partial charge on any atom is -0.359 e. The van der Waals surface area contributed by atoms with Gasteiger partial charge in [-0.15, -0.1) is 5.10 Å². The predicted molar refractivity (Wildman–Crippen MR) is 101 cm³/mol. The highest BCUT2D eigenvalue weighted by Crippen LogP contribution is 2.17. The highest BCUT2D eigenvalue weighted by atomic mass is 32.1. The van der Waals surface area contributed by atoms with E-state index in [1.54, 1.807) is 19.3 Å². The zero-order valence-corrected chi connectivity index (χ0v) is 15.5. The summed E-state index contributed by atoms with van der Waals surface area (Å²) < 4.78 is 3.80. The number of aryl methyl sites for hydroxylation is 1. The Kier molecular flexibility index (Phi) is 5.85. The van der Waals surface area contributed by atoms with Crippen molar-refractivity contribution in [2.45, 2.75) is 19.9 Å². The molecule has 0 saturated carbocycles. The zero-order valence-electron chi connectivity index (χ0n) is 14.7. The van der Waals surface area contributed by atoms with Gasteiger partial charge in [-0.1, -0.05) is 16.6 Å². The van der Waals surface area contributed by atoms with Gasteiger partial charge in [0.05, 0.1) is 5.69 Å². The summed E-state index contributed by atoms with van der Waals surface area (Å²) in [6, 6.07) is 9.75. The third-order valence-corrected chi connectivity index (χ3v) is 4.78. The number of carbonyl (C=O) groups is 1. The molecule has 3 aromatic heterocycles. The topological polar surface area (TPSA) is 83.9 Å². The quantitative estimate of drug-likeness (QED) is 0.689. The van der Waals surface area contributed by atoms with Gasteiger partial charge < -0.3 is 10.2 Å². The van der Waals surface area contributed by atoms with Crippen molar-refractivity contribution >= 4 is 23.3 Å². The number of pyridine rings is 2. The first-order chi connectivity index (χ1) is 12.6. The molecule has 0 aromatic carbocycles. The maximum absolute atomic E-state index is 12.3. The van der Waals surface area contributed by atoms with E-state index in [4.69, 9.17) is 0 Å². The number of likely N-dealkylation sites (N-methyl/N-ethyl adjacent to an activating group) is 1. The van der Waals surface area contributed by atoms with E-state index in [1.165, 1.54) is 0 Å². The van der Waals surface area contributed by atoms with Gasteiger partial charge in [-0.2, -0.15) is 0 Å². The lowest BCUT2D eigenvalue weighted by atomic mass is 10.2. The van der Waals surface area contributed by atoms with Crippen LogP contribution >= 0.6 is 11.5 Å². The number of aromatic nitrogens is 4. The molecule has 0 unspecified atom stereocenters. The van der Waals surface area contributed by atoms with Gasteiger partial charge in [-0.3, -0.25) is 9.78 Å². The van der Waals surface area contributed by atoms with E-state index in [9.17, 15) is 4.79 Å². The maximum Gasteiger partial charge on any atom is 0.265 e. The van der Waals surface area contributed by atoms with Crippen molar-refractivity contribution < 1.29 is 4.79 Å². The van der Waals surface area contributed by atoms with Gasteiger partial charge in [0.15, 0.2) is 0 Å². The maximum atomic E-state index is 12.3. The molecule has 0 saturated heterocycles. The summed E-state index contributed by atoms with van der Waals surface area (Å²) in [5, 5.41) is 6.80. The van der Waals surface area contributed by atoms with Crippen LogP contribution in [-0.2, 0) is 13.0 Å². The minimum atomic E-state index is -0.163. The van der Waals surface area contributed by atoms with E-state index >= 15 is 0 Å². The van der Waals surface area contributed by atoms with Crippen molar-refractivity contribution in [1.82, 2.24) is 24.9 Å². The largest absolute Gasteiger partial charge is 0.359 e. The molecule has 0 aliphatic heterocycles. The Morgan fingerprint density at radius 3 is 2.77 bits per heavy atom. The fraction of sp³-hybridized carbons (Fsp3) is 0.278. The second kappa shape index (κ2) is 8.48. The summed E-state index contributed by atoms with van der Waals surface area (Å²) in [5.41, 5.74) is 2.64. The molecule has 8 heteroatoms. The smallest absolute Gasteiger partial charge is 0.265 e. The van der Waals surface area contributed by atoms with E-state index in [-0.39, 0.29) is 5.91 Å². The summed E-state index contributed by atoms with van der Waals surface area (Å²) in [4.78, 5) is 23.7. The number of nitrogens with zero attached hydrogens (tertiary/aromatic N) is 5. The Balaban J connectivity index is 1.64. The molecule has 3 heterocycles. The lowest BCUT2D eigenvalue weighted by molar-refractivity contribution is 0.0954. The summed E-state index contributed by atoms with van der Waals surface area (Å²) in [6.07, 6.45) is 4.38. The van der Waals surface area contributed by atoms with E-state index < -0.39 is 0 Å². The zero-order chi connectivity index (χ0) is 18.4. The highest BCUT2D eigenvalue weighted by molar-refractivity contribution is 7.07. The number of hydrogen-bond acceptors (Lipinski definition) is 7. The molecule has 3 rings (SSSR count). The first-order valence-electron chi connectivity index (χ1n) is 8.27. The van der Waals surface area contributed by atoms with Crippen LogP contribution in [0.15, 0.2) is 42.7 Å². The number of rotatable bonds is 7. The van der Waals surface area contributed by atoms with Crippen molar-refractivity contribution in [2.24, 2.45) is 0 Å². The molecular weight excluding hydrogens is 348 g/mol. The molecule has 0 aliphatic rings. The van der Waals surface area contributed by atoms with Crippen LogP contribution in [0, 0.1) is 6.92 Å². The van der Waals surface area contributed by atoms with Crippen LogP contribution in [0.2, 0.25) is 0 Å². The summed E-state index contributed by atoms with van der Waals surface area (Å²) >= 11 is 1.10. The van der Waals surface area contributed by atoms with Crippen LogP contribution in [0.1, 0.15) is 26.6 Å². The van der Waals surface area contributed by atoms with E-state index in [0.717, 1.165) is 41.6 Å². The van der Waals surface area contributed by atoms with Crippen LogP contribution in [0.3, 0.4) is 0 Å². The van der Waals surface area contributed by atoms with Crippen LogP contribution in [-0.4, -0.2) is 39.1 Å². The molecule has 0 spiro atoms. The second-order valence-electron chi connectivity index (χ2n) is 5.85. The minimum absolute atomic E-state index is 0.163. The third-order valence-electron chi connectivity index (χ3n) is 3.96. The Morgan fingerprint density at radius 2 is 2.04 bits per heavy atom. The lowest BCUT2D eigenvalue weighted by Gasteiger charge is -2.21. The molecule has 7 nitrogen and oxygen atoms in total. The van der Waals surface area contributed by atoms with E-state index in [1.807, 2.05) is 37.4 Å². The Morgan fingerprint density at radius 1 is 1.19 bits per heavy atom. The molecule has 3 aromatic rings. The van der Waals surface area contributed by atoms with Gasteiger partial charge in [-0.05, 0) is 36.7 Å². The number of anilines is 1. The van der Waals surface area contributed by atoms with E-state index in [2.05, 4.69) is 29.8 Å². The van der Waals surface area contributed by atoms with E-state index in [0.29, 0.717) is 17.1 Å². The molecule has 1 amide bonds. The van der Waals surface area contributed by atoms with Crippen LogP contribution in [0.25, 0.3) is 0 Å². The number of hydrogen-bond donors (Lipinski definition) is 1. The number of amides is 1. The van der Waals surface area contributed by atoms with Crippen LogP contribution in [0.5, 0.6) is 0 Å². The summed E-state index contributed by atoms with van der Waals surface area (Å²) in [6.45, 7) is 2.96. The second-order valence-corrected chi connectivity index (χ2v) is 6.60. The van der Waals surface area contributed by atoms with Crippen LogP contribution < -0.4 is 10.2 Å². The van der Waals surface area contributed by atoms with Gasteiger partial charge in [0.25, 0.3) is 5.91 Å². The fourth-order valence-electron chi connectivity index (χ4n) is 2.54.